The first kappa shape index (κ1) is 27.5. The lowest BCUT2D eigenvalue weighted by Crippen LogP contribution is -2.29. The SMILES string of the molecule is C=N/C=C(\C=NCCNN/C=C(\C=C\CCNC)c1cnn(C2CCC2)c1)C(C)C1=CC=C(F)CC1. The van der Waals surface area contributed by atoms with Crippen molar-refractivity contribution in [3.63, 3.8) is 0 Å². The van der Waals surface area contributed by atoms with Crippen LogP contribution >= 0.6 is 0 Å². The molecular formula is C28H40FN7. The van der Waals surface area contributed by atoms with E-state index >= 15 is 0 Å². The third-order valence-corrected chi connectivity index (χ3v) is 6.61. The Labute approximate surface area is 214 Å². The van der Waals surface area contributed by atoms with E-state index in [1.165, 1.54) is 24.8 Å². The topological polar surface area (TPSA) is 78.6 Å². The fourth-order valence-electron chi connectivity index (χ4n) is 4.06. The second kappa shape index (κ2) is 15.1. The van der Waals surface area contributed by atoms with Crippen molar-refractivity contribution in [1.29, 1.82) is 0 Å². The van der Waals surface area contributed by atoms with Gasteiger partial charge in [-0.15, -0.1) is 0 Å². The number of nitrogens with one attached hydrogen (secondary N) is 3. The van der Waals surface area contributed by atoms with Crippen LogP contribution < -0.4 is 16.2 Å². The standard InChI is InChI=1S/C28H40FN7/c1-22(23-10-12-27(29)13-11-23)25(17-31-3)18-32-15-16-33-34-19-24(7-4-5-14-30-2)26-20-35-36(21-26)28-8-6-9-28/h4,7,10,12,17-22,28,30,33-34H,3,5-6,8-9,11,13-16H2,1-2H3/b7-4+,24-19+,25-17+,32-18?. The van der Waals surface area contributed by atoms with Gasteiger partial charge >= 0.3 is 0 Å². The fourth-order valence-corrected chi connectivity index (χ4v) is 4.06. The van der Waals surface area contributed by atoms with Gasteiger partial charge in [-0.3, -0.25) is 14.7 Å². The number of aliphatic imine (C=N–C) groups is 2. The van der Waals surface area contributed by atoms with Gasteiger partial charge in [-0.1, -0.05) is 30.7 Å². The van der Waals surface area contributed by atoms with Gasteiger partial charge in [-0.25, -0.2) is 9.82 Å². The van der Waals surface area contributed by atoms with Gasteiger partial charge in [0.2, 0.25) is 0 Å². The zero-order valence-electron chi connectivity index (χ0n) is 21.6. The second-order valence-electron chi connectivity index (χ2n) is 9.18. The van der Waals surface area contributed by atoms with Gasteiger partial charge in [0.1, 0.15) is 5.83 Å². The Morgan fingerprint density at radius 1 is 1.31 bits per heavy atom. The zero-order valence-corrected chi connectivity index (χ0v) is 21.6. The Morgan fingerprint density at radius 2 is 2.17 bits per heavy atom. The van der Waals surface area contributed by atoms with E-state index in [-0.39, 0.29) is 11.7 Å². The number of hydrogen-bond donors (Lipinski definition) is 3. The minimum absolute atomic E-state index is 0.0663. The number of halogens is 1. The zero-order chi connectivity index (χ0) is 25.6. The van der Waals surface area contributed by atoms with Crippen molar-refractivity contribution in [2.24, 2.45) is 15.9 Å². The Morgan fingerprint density at radius 3 is 2.86 bits per heavy atom. The summed E-state index contributed by atoms with van der Waals surface area (Å²) in [5, 5.41) is 7.74. The van der Waals surface area contributed by atoms with Crippen LogP contribution in [0.25, 0.3) is 5.57 Å². The van der Waals surface area contributed by atoms with Crippen LogP contribution in [0.2, 0.25) is 0 Å². The molecule has 0 amide bonds. The molecule has 0 radical (unpaired) electrons. The van der Waals surface area contributed by atoms with Gasteiger partial charge < -0.3 is 10.7 Å². The minimum atomic E-state index is -0.0663. The predicted octanol–water partition coefficient (Wildman–Crippen LogP) is 5.07. The Balaban J connectivity index is 1.51. The summed E-state index contributed by atoms with van der Waals surface area (Å²) in [6, 6.07) is 0.544. The maximum atomic E-state index is 13.3. The van der Waals surface area contributed by atoms with Gasteiger partial charge in [0.15, 0.2) is 0 Å². The quantitative estimate of drug-likeness (QED) is 0.138. The summed E-state index contributed by atoms with van der Waals surface area (Å²) in [5.74, 6) is 0.0548. The molecule has 1 unspecified atom stereocenters. The van der Waals surface area contributed by atoms with E-state index in [1.807, 2.05) is 31.7 Å². The smallest absolute Gasteiger partial charge is 0.100 e. The van der Waals surface area contributed by atoms with Crippen LogP contribution in [-0.4, -0.2) is 49.4 Å². The van der Waals surface area contributed by atoms with Gasteiger partial charge in [-0.05, 0) is 64.1 Å². The van der Waals surface area contributed by atoms with Gasteiger partial charge in [-0.2, -0.15) is 5.10 Å². The normalized spacial score (nSPS) is 18.3. The number of allylic oxidation sites excluding steroid dienone is 7. The summed E-state index contributed by atoms with van der Waals surface area (Å²) >= 11 is 0. The number of hydrazine groups is 1. The Bertz CT molecular complexity index is 1020. The molecule has 0 spiro atoms. The average Bonchev–Trinajstić information content (AvgIpc) is 3.32. The first-order chi connectivity index (χ1) is 17.6. The Kier molecular flexibility index (Phi) is 11.5. The first-order valence-corrected chi connectivity index (χ1v) is 12.9. The van der Waals surface area contributed by atoms with Crippen LogP contribution in [0.15, 0.2) is 76.1 Å². The molecule has 3 N–H and O–H groups in total. The molecular weight excluding hydrogens is 453 g/mol. The van der Waals surface area contributed by atoms with Crippen molar-refractivity contribution in [1.82, 2.24) is 25.9 Å². The highest BCUT2D eigenvalue weighted by molar-refractivity contribution is 5.80. The monoisotopic (exact) mass is 493 g/mol. The number of hydrogen-bond acceptors (Lipinski definition) is 6. The highest BCUT2D eigenvalue weighted by Gasteiger charge is 2.20. The van der Waals surface area contributed by atoms with Crippen molar-refractivity contribution >= 4 is 18.5 Å². The van der Waals surface area contributed by atoms with Crippen LogP contribution in [0.3, 0.4) is 0 Å². The molecule has 1 heterocycles. The van der Waals surface area contributed by atoms with E-state index in [4.69, 9.17) is 0 Å². The van der Waals surface area contributed by atoms with Gasteiger partial charge in [0.05, 0.1) is 18.8 Å². The van der Waals surface area contributed by atoms with E-state index in [0.29, 0.717) is 25.6 Å². The van der Waals surface area contributed by atoms with E-state index < -0.39 is 0 Å². The third-order valence-electron chi connectivity index (χ3n) is 6.61. The summed E-state index contributed by atoms with van der Waals surface area (Å²) in [4.78, 5) is 8.48. The lowest BCUT2D eigenvalue weighted by molar-refractivity contribution is 0.289. The largest absolute Gasteiger partial charge is 0.328 e. The van der Waals surface area contributed by atoms with E-state index in [1.54, 1.807) is 12.3 Å². The van der Waals surface area contributed by atoms with Crippen LogP contribution in [-0.2, 0) is 0 Å². The van der Waals surface area contributed by atoms with E-state index in [9.17, 15) is 4.39 Å². The Hall–Kier alpha value is -3.10. The van der Waals surface area contributed by atoms with Crippen LogP contribution in [0.5, 0.6) is 0 Å². The van der Waals surface area contributed by atoms with E-state index in [2.05, 4.69) is 67.9 Å². The number of nitrogens with zero attached hydrogens (tertiary/aromatic N) is 4. The molecule has 1 aromatic heterocycles. The third kappa shape index (κ3) is 8.53. The molecule has 194 valence electrons. The lowest BCUT2D eigenvalue weighted by atomic mass is 9.88. The molecule has 0 bridgehead atoms. The predicted molar refractivity (Wildman–Crippen MR) is 149 cm³/mol. The molecule has 1 saturated carbocycles. The van der Waals surface area contributed by atoms with Gasteiger partial charge in [0.25, 0.3) is 0 Å². The van der Waals surface area contributed by atoms with Crippen molar-refractivity contribution < 1.29 is 4.39 Å². The number of rotatable bonds is 15. The molecule has 0 aromatic carbocycles. The summed E-state index contributed by atoms with van der Waals surface area (Å²) in [6.07, 6.45) is 23.2. The lowest BCUT2D eigenvalue weighted by Gasteiger charge is -2.25. The summed E-state index contributed by atoms with van der Waals surface area (Å²) in [7, 11) is 1.96. The van der Waals surface area contributed by atoms with Crippen molar-refractivity contribution in [3.05, 3.63) is 71.6 Å². The highest BCUT2D eigenvalue weighted by Crippen LogP contribution is 2.31. The van der Waals surface area contributed by atoms with E-state index in [0.717, 1.165) is 36.1 Å². The second-order valence-corrected chi connectivity index (χ2v) is 9.18. The molecule has 0 saturated heterocycles. The van der Waals surface area contributed by atoms with Crippen molar-refractivity contribution in [3.8, 4) is 0 Å². The molecule has 1 atom stereocenters. The summed E-state index contributed by atoms with van der Waals surface area (Å²) in [6.45, 7) is 7.87. The molecule has 7 nitrogen and oxygen atoms in total. The van der Waals surface area contributed by atoms with Crippen LogP contribution in [0.4, 0.5) is 4.39 Å². The van der Waals surface area contributed by atoms with Crippen molar-refractivity contribution in [2.75, 3.05) is 26.7 Å². The molecule has 0 aliphatic heterocycles. The average molecular weight is 494 g/mol. The number of aromatic nitrogens is 2. The van der Waals surface area contributed by atoms with Gasteiger partial charge in [0, 0.05) is 54.8 Å². The molecule has 36 heavy (non-hydrogen) atoms. The molecule has 1 fully saturated rings. The molecule has 1 aromatic rings. The maximum Gasteiger partial charge on any atom is 0.100 e. The fraction of sp³-hybridized carbons (Fsp3) is 0.464. The molecule has 2 aliphatic rings. The summed E-state index contributed by atoms with van der Waals surface area (Å²) < 4.78 is 15.4. The van der Waals surface area contributed by atoms with Crippen LogP contribution in [0, 0.1) is 5.92 Å². The molecule has 8 heteroatoms. The van der Waals surface area contributed by atoms with Crippen LogP contribution in [0.1, 0.15) is 57.1 Å². The molecule has 2 aliphatic carbocycles. The maximum absolute atomic E-state index is 13.3. The van der Waals surface area contributed by atoms with Crippen molar-refractivity contribution in [2.45, 2.75) is 51.5 Å². The highest BCUT2D eigenvalue weighted by atomic mass is 19.1. The minimum Gasteiger partial charge on any atom is -0.328 e. The summed E-state index contributed by atoms with van der Waals surface area (Å²) in [5.41, 5.74) is 10.7. The first-order valence-electron chi connectivity index (χ1n) is 12.9. The molecule has 3 rings (SSSR count).